The number of nitrogens with zero attached hydrogens (tertiary/aromatic N) is 2. The molecule has 11 heteroatoms. The molecule has 0 radical (unpaired) electrons. The van der Waals surface area contributed by atoms with Crippen molar-refractivity contribution < 1.29 is 22.3 Å². The number of methoxy groups -OCH3 is 1. The van der Waals surface area contributed by atoms with Crippen LogP contribution < -0.4 is 24.3 Å². The van der Waals surface area contributed by atoms with E-state index in [9.17, 15) is 9.00 Å². The summed E-state index contributed by atoms with van der Waals surface area (Å²) in [4.78, 5) is 21.8. The highest BCUT2D eigenvalue weighted by atomic mass is 32.2. The van der Waals surface area contributed by atoms with E-state index in [-0.39, 0.29) is 17.5 Å². The number of aromatic nitrogens is 2. The Labute approximate surface area is 233 Å². The SMILES string of the molecule is CCc1cc(Nc2nc3ccccc3nc2NS(=O)Oc2ccc(C)c(NC(=O)c3ccoc3)c2)cc(OC)c1. The zero-order valence-corrected chi connectivity index (χ0v) is 22.9. The van der Waals surface area contributed by atoms with E-state index in [4.69, 9.17) is 18.3 Å². The number of rotatable bonds is 10. The Morgan fingerprint density at radius 1 is 0.975 bits per heavy atom. The first-order valence-electron chi connectivity index (χ1n) is 12.4. The number of amides is 1. The monoisotopic (exact) mass is 557 g/mol. The van der Waals surface area contributed by atoms with Crippen molar-refractivity contribution in [1.29, 1.82) is 0 Å². The Morgan fingerprint density at radius 3 is 2.45 bits per heavy atom. The Kier molecular flexibility index (Phi) is 7.92. The van der Waals surface area contributed by atoms with E-state index in [1.165, 1.54) is 12.5 Å². The molecule has 2 heterocycles. The van der Waals surface area contributed by atoms with Crippen molar-refractivity contribution in [2.24, 2.45) is 0 Å². The van der Waals surface area contributed by atoms with Crippen LogP contribution in [0.15, 0.2) is 83.7 Å². The molecule has 0 saturated heterocycles. The molecular formula is C29H27N5O5S. The third-order valence-corrected chi connectivity index (χ3v) is 6.74. The molecule has 0 bridgehead atoms. The lowest BCUT2D eigenvalue weighted by Crippen LogP contribution is -2.15. The molecule has 204 valence electrons. The van der Waals surface area contributed by atoms with E-state index in [1.807, 2.05) is 49.4 Å². The van der Waals surface area contributed by atoms with Crippen LogP contribution in [0.4, 0.5) is 23.0 Å². The highest BCUT2D eigenvalue weighted by Gasteiger charge is 2.15. The van der Waals surface area contributed by atoms with Crippen molar-refractivity contribution >= 4 is 51.2 Å². The Morgan fingerprint density at radius 2 is 1.75 bits per heavy atom. The third-order valence-electron chi connectivity index (χ3n) is 6.04. The molecule has 5 aromatic rings. The second kappa shape index (κ2) is 11.9. The average Bonchev–Trinajstić information content (AvgIpc) is 3.50. The van der Waals surface area contributed by atoms with Gasteiger partial charge in [-0.05, 0) is 60.9 Å². The summed E-state index contributed by atoms with van der Waals surface area (Å²) in [6.45, 7) is 3.90. The van der Waals surface area contributed by atoms with Crippen molar-refractivity contribution in [3.05, 3.63) is 95.9 Å². The normalized spacial score (nSPS) is 11.6. The van der Waals surface area contributed by atoms with Crippen LogP contribution in [0, 0.1) is 6.92 Å². The second-order valence-corrected chi connectivity index (χ2v) is 9.66. The number of anilines is 4. The molecule has 40 heavy (non-hydrogen) atoms. The van der Waals surface area contributed by atoms with Crippen LogP contribution >= 0.6 is 0 Å². The molecule has 0 saturated carbocycles. The largest absolute Gasteiger partial charge is 0.497 e. The lowest BCUT2D eigenvalue weighted by atomic mass is 10.1. The van der Waals surface area contributed by atoms with Crippen LogP contribution in [0.25, 0.3) is 11.0 Å². The number of fused-ring (bicyclic) bond motifs is 1. The predicted octanol–water partition coefficient (Wildman–Crippen LogP) is 6.17. The molecule has 1 amide bonds. The number of ether oxygens (including phenoxy) is 1. The van der Waals surface area contributed by atoms with Gasteiger partial charge in [0.05, 0.1) is 30.0 Å². The first-order chi connectivity index (χ1) is 19.4. The van der Waals surface area contributed by atoms with Gasteiger partial charge in [0.2, 0.25) is 0 Å². The fourth-order valence-corrected chi connectivity index (χ4v) is 4.53. The first kappa shape index (κ1) is 26.7. The molecule has 3 N–H and O–H groups in total. The number of hydrogen-bond donors (Lipinski definition) is 3. The van der Waals surface area contributed by atoms with E-state index in [2.05, 4.69) is 27.3 Å². The molecule has 2 aromatic heterocycles. The van der Waals surface area contributed by atoms with E-state index < -0.39 is 11.3 Å². The number of benzene rings is 3. The van der Waals surface area contributed by atoms with Crippen LogP contribution in [-0.2, 0) is 17.7 Å². The number of hydrogen-bond acceptors (Lipinski definition) is 8. The van der Waals surface area contributed by atoms with Crippen molar-refractivity contribution in [3.63, 3.8) is 0 Å². The summed E-state index contributed by atoms with van der Waals surface area (Å²) in [5.41, 5.74) is 4.80. The zero-order valence-electron chi connectivity index (χ0n) is 22.1. The van der Waals surface area contributed by atoms with Gasteiger partial charge in [0.25, 0.3) is 5.91 Å². The topological polar surface area (TPSA) is 128 Å². The fourth-order valence-electron chi connectivity index (χ4n) is 3.91. The molecule has 0 fully saturated rings. The lowest BCUT2D eigenvalue weighted by Gasteiger charge is -2.15. The average molecular weight is 558 g/mol. The number of carbonyl (C=O) groups excluding carboxylic acids is 1. The van der Waals surface area contributed by atoms with Gasteiger partial charge in [0, 0.05) is 23.5 Å². The van der Waals surface area contributed by atoms with Gasteiger partial charge in [0.15, 0.2) is 11.6 Å². The first-order valence-corrected chi connectivity index (χ1v) is 13.5. The van der Waals surface area contributed by atoms with E-state index in [0.29, 0.717) is 33.9 Å². The summed E-state index contributed by atoms with van der Waals surface area (Å²) in [6, 6.07) is 19.8. The van der Waals surface area contributed by atoms with Crippen LogP contribution in [0.2, 0.25) is 0 Å². The number of carbonyl (C=O) groups is 1. The molecule has 1 atom stereocenters. The third kappa shape index (κ3) is 6.21. The second-order valence-electron chi connectivity index (χ2n) is 8.82. The van der Waals surface area contributed by atoms with Crippen LogP contribution in [-0.4, -0.2) is 27.2 Å². The van der Waals surface area contributed by atoms with Gasteiger partial charge in [0.1, 0.15) is 17.8 Å². The maximum atomic E-state index is 13.1. The zero-order chi connectivity index (χ0) is 28.1. The van der Waals surface area contributed by atoms with Gasteiger partial charge in [-0.2, -0.15) is 4.21 Å². The molecule has 0 aliphatic heterocycles. The fraction of sp³-hybridized carbons (Fsp3) is 0.138. The summed E-state index contributed by atoms with van der Waals surface area (Å²) in [7, 11) is 1.61. The van der Waals surface area contributed by atoms with Gasteiger partial charge in [-0.15, -0.1) is 0 Å². The minimum Gasteiger partial charge on any atom is -0.497 e. The summed E-state index contributed by atoms with van der Waals surface area (Å²) >= 11 is -2.05. The van der Waals surface area contributed by atoms with Gasteiger partial charge >= 0.3 is 11.3 Å². The summed E-state index contributed by atoms with van der Waals surface area (Å²) < 4.78 is 32.0. The quantitative estimate of drug-likeness (QED) is 0.186. The molecule has 1 unspecified atom stereocenters. The minimum atomic E-state index is -2.05. The van der Waals surface area contributed by atoms with Gasteiger partial charge in [-0.3, -0.25) is 9.52 Å². The van der Waals surface area contributed by atoms with Crippen molar-refractivity contribution in [2.75, 3.05) is 22.5 Å². The smallest absolute Gasteiger partial charge is 0.317 e. The lowest BCUT2D eigenvalue weighted by molar-refractivity contribution is 0.102. The Balaban J connectivity index is 1.39. The summed E-state index contributed by atoms with van der Waals surface area (Å²) in [6.07, 6.45) is 3.60. The molecule has 3 aromatic carbocycles. The van der Waals surface area contributed by atoms with Crippen LogP contribution in [0.5, 0.6) is 11.5 Å². The predicted molar refractivity (Wildman–Crippen MR) is 155 cm³/mol. The van der Waals surface area contributed by atoms with Gasteiger partial charge < -0.3 is 24.0 Å². The maximum Gasteiger partial charge on any atom is 0.317 e. The number of furan rings is 1. The van der Waals surface area contributed by atoms with E-state index in [0.717, 1.165) is 23.2 Å². The van der Waals surface area contributed by atoms with E-state index >= 15 is 0 Å². The molecule has 10 nitrogen and oxygen atoms in total. The van der Waals surface area contributed by atoms with E-state index in [1.54, 1.807) is 31.4 Å². The Hall–Kier alpha value is -4.90. The highest BCUT2D eigenvalue weighted by Crippen LogP contribution is 2.29. The number of nitrogens with one attached hydrogen (secondary N) is 3. The summed E-state index contributed by atoms with van der Waals surface area (Å²) in [5.74, 6) is 1.25. The van der Waals surface area contributed by atoms with Crippen molar-refractivity contribution in [2.45, 2.75) is 20.3 Å². The molecule has 5 rings (SSSR count). The molecule has 0 spiro atoms. The highest BCUT2D eigenvalue weighted by molar-refractivity contribution is 7.82. The summed E-state index contributed by atoms with van der Waals surface area (Å²) in [5, 5.41) is 6.08. The standard InChI is InChI=1S/C29H27N5O5S/c1-4-19-13-21(15-23(14-19)37-3)30-27-28(32-25-8-6-5-7-24(25)31-27)34-40(36)39-22-10-9-18(2)26(16-22)33-29(35)20-11-12-38-17-20/h5-17H,4H2,1-3H3,(H,30,31)(H,32,34)(H,33,35). The van der Waals surface area contributed by atoms with Crippen LogP contribution in [0.1, 0.15) is 28.4 Å². The van der Waals surface area contributed by atoms with Gasteiger partial charge in [-0.1, -0.05) is 25.1 Å². The van der Waals surface area contributed by atoms with Crippen molar-refractivity contribution in [3.8, 4) is 11.5 Å². The minimum absolute atomic E-state index is 0.235. The van der Waals surface area contributed by atoms with Crippen molar-refractivity contribution in [1.82, 2.24) is 9.97 Å². The number of aryl methyl sites for hydroxylation is 2. The number of para-hydroxylation sites is 2. The molecular weight excluding hydrogens is 530 g/mol. The molecule has 0 aliphatic carbocycles. The maximum absolute atomic E-state index is 13.1. The Bertz CT molecular complexity index is 1670. The van der Waals surface area contributed by atoms with Crippen LogP contribution in [0.3, 0.4) is 0 Å². The molecule has 0 aliphatic rings. The van der Waals surface area contributed by atoms with Gasteiger partial charge in [-0.25, -0.2) is 9.97 Å².